The van der Waals surface area contributed by atoms with Crippen molar-refractivity contribution in [2.24, 2.45) is 0 Å². The fourth-order valence-corrected chi connectivity index (χ4v) is 2.56. The summed E-state index contributed by atoms with van der Waals surface area (Å²) >= 11 is -1.05. The van der Waals surface area contributed by atoms with E-state index in [1.165, 1.54) is 6.33 Å². The van der Waals surface area contributed by atoms with Gasteiger partial charge in [-0.3, -0.25) is 4.40 Å². The van der Waals surface area contributed by atoms with E-state index < -0.39 is 11.2 Å². The van der Waals surface area contributed by atoms with Crippen molar-refractivity contribution >= 4 is 17.0 Å². The van der Waals surface area contributed by atoms with Crippen LogP contribution in [0.4, 0.5) is 0 Å². The van der Waals surface area contributed by atoms with Gasteiger partial charge >= 0.3 is 0 Å². The maximum atomic E-state index is 11.7. The molecule has 18 heavy (non-hydrogen) atoms. The average Bonchev–Trinajstić information content (AvgIpc) is 2.82. The number of benzene rings is 1. The summed E-state index contributed by atoms with van der Waals surface area (Å²) in [5.74, 6) is 0.580. The Morgan fingerprint density at radius 3 is 2.89 bits per heavy atom. The van der Waals surface area contributed by atoms with E-state index in [1.807, 2.05) is 30.5 Å². The van der Waals surface area contributed by atoms with Crippen LogP contribution >= 0.6 is 0 Å². The lowest BCUT2D eigenvalue weighted by atomic mass is 10.2. The maximum Gasteiger partial charge on any atom is 0.237 e. The molecule has 0 spiro atoms. The van der Waals surface area contributed by atoms with Crippen LogP contribution in [-0.4, -0.2) is 30.2 Å². The monoisotopic (exact) mass is 258 g/mol. The zero-order valence-electron chi connectivity index (χ0n) is 9.65. The van der Waals surface area contributed by atoms with Crippen LogP contribution in [0.25, 0.3) is 17.0 Å². The minimum absolute atomic E-state index is 0.580. The van der Waals surface area contributed by atoms with E-state index in [1.54, 1.807) is 17.0 Å². The van der Waals surface area contributed by atoms with Crippen molar-refractivity contribution in [2.75, 3.05) is 6.26 Å². The molecular weight excluding hydrogens is 248 g/mol. The van der Waals surface area contributed by atoms with Crippen LogP contribution in [0.1, 0.15) is 0 Å². The van der Waals surface area contributed by atoms with E-state index in [9.17, 15) is 4.55 Å². The fourth-order valence-electron chi connectivity index (χ4n) is 1.81. The Hall–Kier alpha value is -1.92. The summed E-state index contributed by atoms with van der Waals surface area (Å²) in [6, 6.07) is 7.53. The molecule has 0 bridgehead atoms. The zero-order chi connectivity index (χ0) is 12.5. The van der Waals surface area contributed by atoms with Crippen LogP contribution in [0.2, 0.25) is 0 Å². The van der Waals surface area contributed by atoms with Gasteiger partial charge in [0.15, 0.2) is 4.90 Å². The highest BCUT2D eigenvalue weighted by molar-refractivity contribution is 7.90. The van der Waals surface area contributed by atoms with E-state index in [4.69, 9.17) is 0 Å². The van der Waals surface area contributed by atoms with E-state index in [0.717, 1.165) is 16.2 Å². The Balaban J connectivity index is 2.20. The molecule has 0 saturated heterocycles. The topological polar surface area (TPSA) is 66.1 Å². The molecule has 0 N–H and O–H groups in total. The van der Waals surface area contributed by atoms with Crippen LogP contribution in [0.5, 0.6) is 0 Å². The summed E-state index contributed by atoms with van der Waals surface area (Å²) < 4.78 is 13.4. The van der Waals surface area contributed by atoms with Crippen LogP contribution in [-0.2, 0) is 11.2 Å². The fraction of sp³-hybridized carbons (Fsp3) is 0.0833. The molecule has 2 heterocycles. The van der Waals surface area contributed by atoms with Crippen LogP contribution in [0, 0.1) is 0 Å². The standard InChI is InChI=1S/C12H10N4OS/c1-18(17)11-5-3-2-4-9(11)10-6-16-8-13-7-14-12(16)15-10/h2-8H,1H3. The molecule has 5 nitrogen and oxygen atoms in total. The molecule has 6 heteroatoms. The van der Waals surface area contributed by atoms with E-state index in [0.29, 0.717) is 5.78 Å². The SMILES string of the molecule is C[S+]([O-])c1ccccc1-c1cn2cncnc2n1. The van der Waals surface area contributed by atoms with Gasteiger partial charge in [0.2, 0.25) is 5.78 Å². The van der Waals surface area contributed by atoms with Crippen molar-refractivity contribution < 1.29 is 4.55 Å². The van der Waals surface area contributed by atoms with Crippen molar-refractivity contribution in [1.82, 2.24) is 19.4 Å². The lowest BCUT2D eigenvalue weighted by Gasteiger charge is -2.07. The Bertz CT molecular complexity index is 662. The third-order valence-corrected chi connectivity index (χ3v) is 3.59. The van der Waals surface area contributed by atoms with E-state index in [2.05, 4.69) is 15.0 Å². The number of hydrogen-bond acceptors (Lipinski definition) is 4. The normalized spacial score (nSPS) is 12.8. The molecule has 3 rings (SSSR count). The van der Waals surface area contributed by atoms with E-state index in [-0.39, 0.29) is 0 Å². The Morgan fingerprint density at radius 1 is 1.28 bits per heavy atom. The Kier molecular flexibility index (Phi) is 2.73. The molecule has 0 aliphatic heterocycles. The lowest BCUT2D eigenvalue weighted by Crippen LogP contribution is -1.99. The largest absolute Gasteiger partial charge is 0.612 e. The number of aromatic nitrogens is 4. The molecule has 0 fully saturated rings. The van der Waals surface area contributed by atoms with Gasteiger partial charge in [-0.2, -0.15) is 0 Å². The second-order valence-electron chi connectivity index (χ2n) is 3.79. The van der Waals surface area contributed by atoms with Gasteiger partial charge in [0.05, 0.1) is 11.3 Å². The van der Waals surface area contributed by atoms with E-state index >= 15 is 0 Å². The molecule has 2 aromatic heterocycles. The molecule has 3 aromatic rings. The number of rotatable bonds is 2. The van der Waals surface area contributed by atoms with Gasteiger partial charge in [-0.25, -0.2) is 15.0 Å². The van der Waals surface area contributed by atoms with Gasteiger partial charge in [-0.1, -0.05) is 12.1 Å². The van der Waals surface area contributed by atoms with Crippen molar-refractivity contribution in [1.29, 1.82) is 0 Å². The average molecular weight is 258 g/mol. The third-order valence-electron chi connectivity index (χ3n) is 2.62. The zero-order valence-corrected chi connectivity index (χ0v) is 10.5. The molecule has 1 aromatic carbocycles. The first-order valence-electron chi connectivity index (χ1n) is 5.33. The van der Waals surface area contributed by atoms with Crippen LogP contribution in [0.15, 0.2) is 48.0 Å². The van der Waals surface area contributed by atoms with Crippen molar-refractivity contribution in [2.45, 2.75) is 4.90 Å². The molecule has 0 radical (unpaired) electrons. The van der Waals surface area contributed by atoms with Gasteiger partial charge in [0, 0.05) is 6.20 Å². The lowest BCUT2D eigenvalue weighted by molar-refractivity contribution is 0.601. The highest BCUT2D eigenvalue weighted by atomic mass is 32.2. The second kappa shape index (κ2) is 4.40. The summed E-state index contributed by atoms with van der Waals surface area (Å²) in [6.45, 7) is 0. The number of fused-ring (bicyclic) bond motifs is 1. The number of hydrogen-bond donors (Lipinski definition) is 0. The van der Waals surface area contributed by atoms with Crippen LogP contribution < -0.4 is 0 Å². The predicted molar refractivity (Wildman–Crippen MR) is 68.6 cm³/mol. The molecule has 0 amide bonds. The summed E-state index contributed by atoms with van der Waals surface area (Å²) in [6.07, 6.45) is 6.59. The molecule has 0 aliphatic rings. The summed E-state index contributed by atoms with van der Waals surface area (Å²) in [7, 11) is 0. The quantitative estimate of drug-likeness (QED) is 0.654. The van der Waals surface area contributed by atoms with Gasteiger partial charge in [0.1, 0.15) is 18.9 Å². The smallest absolute Gasteiger partial charge is 0.237 e. The van der Waals surface area contributed by atoms with Gasteiger partial charge in [0.25, 0.3) is 0 Å². The highest BCUT2D eigenvalue weighted by Gasteiger charge is 2.15. The predicted octanol–water partition coefficient (Wildman–Crippen LogP) is 1.53. The summed E-state index contributed by atoms with van der Waals surface area (Å²) in [5.41, 5.74) is 1.62. The summed E-state index contributed by atoms with van der Waals surface area (Å²) in [4.78, 5) is 13.2. The first-order valence-corrected chi connectivity index (χ1v) is 6.89. The number of nitrogens with zero attached hydrogens (tertiary/aromatic N) is 4. The molecule has 0 aliphatic carbocycles. The molecule has 1 unspecified atom stereocenters. The van der Waals surface area contributed by atoms with Crippen LogP contribution in [0.3, 0.4) is 0 Å². The first kappa shape index (κ1) is 11.2. The minimum Gasteiger partial charge on any atom is -0.612 e. The Morgan fingerprint density at radius 2 is 2.11 bits per heavy atom. The van der Waals surface area contributed by atoms with Gasteiger partial charge in [-0.05, 0) is 23.3 Å². The Labute approximate surface area is 107 Å². The van der Waals surface area contributed by atoms with Gasteiger partial charge in [-0.15, -0.1) is 0 Å². The third kappa shape index (κ3) is 1.85. The van der Waals surface area contributed by atoms with Gasteiger partial charge < -0.3 is 4.55 Å². The van der Waals surface area contributed by atoms with Crippen molar-refractivity contribution in [3.63, 3.8) is 0 Å². The summed E-state index contributed by atoms with van der Waals surface area (Å²) in [5, 5.41) is 0. The van der Waals surface area contributed by atoms with Crippen molar-refractivity contribution in [3.05, 3.63) is 43.1 Å². The molecule has 90 valence electrons. The molecule has 1 atom stereocenters. The maximum absolute atomic E-state index is 11.7. The highest BCUT2D eigenvalue weighted by Crippen LogP contribution is 2.26. The minimum atomic E-state index is -1.05. The first-order chi connectivity index (χ1) is 8.75. The molecule has 0 saturated carbocycles. The van der Waals surface area contributed by atoms with Crippen molar-refractivity contribution in [3.8, 4) is 11.3 Å². The second-order valence-corrected chi connectivity index (χ2v) is 5.14. The molecular formula is C12H10N4OS. The number of imidazole rings is 1.